The average molecular weight is 304 g/mol. The fourth-order valence-corrected chi connectivity index (χ4v) is 1.18. The molecule has 0 unspecified atom stereocenters. The number of hydrogen-bond donors (Lipinski definition) is 2. The van der Waals surface area contributed by atoms with E-state index in [4.69, 9.17) is 9.47 Å². The fourth-order valence-electron chi connectivity index (χ4n) is 0.941. The van der Waals surface area contributed by atoms with E-state index >= 15 is 0 Å². The Balaban J connectivity index is 2.18. The van der Waals surface area contributed by atoms with E-state index in [0.29, 0.717) is 19.0 Å². The Hall–Kier alpha value is -1.18. The van der Waals surface area contributed by atoms with Gasteiger partial charge in [0.2, 0.25) is 0 Å². The van der Waals surface area contributed by atoms with Crippen LogP contribution in [0.2, 0.25) is 0 Å². The Bertz CT molecular complexity index is 345. The van der Waals surface area contributed by atoms with Gasteiger partial charge in [-0.3, -0.25) is 5.32 Å². The Morgan fingerprint density at radius 2 is 2.29 bits per heavy atom. The molecule has 1 heterocycles. The topological polar surface area (TPSA) is 72.5 Å². The van der Waals surface area contributed by atoms with E-state index in [1.54, 1.807) is 25.4 Å². The van der Waals surface area contributed by atoms with Crippen LogP contribution < -0.4 is 10.6 Å². The molecule has 0 aliphatic rings. The van der Waals surface area contributed by atoms with Crippen LogP contribution in [0, 0.1) is 0 Å². The van der Waals surface area contributed by atoms with Crippen LogP contribution in [0.25, 0.3) is 0 Å². The molecule has 0 saturated carbocycles. The van der Waals surface area contributed by atoms with Crippen LogP contribution in [0.15, 0.2) is 22.8 Å². The second-order valence-corrected chi connectivity index (χ2v) is 3.95. The lowest BCUT2D eigenvalue weighted by Gasteiger charge is -2.07. The first kappa shape index (κ1) is 13.9. The lowest BCUT2D eigenvalue weighted by Crippen LogP contribution is -2.31. The summed E-state index contributed by atoms with van der Waals surface area (Å²) in [6, 6.07) is 3.12. The largest absolute Gasteiger partial charge is 0.382 e. The first-order chi connectivity index (χ1) is 8.22. The van der Waals surface area contributed by atoms with Gasteiger partial charge in [0, 0.05) is 17.8 Å². The number of carbonyl (C=O) groups excluding carboxylic acids is 1. The molecule has 0 atom stereocenters. The highest BCUT2D eigenvalue weighted by atomic mass is 79.9. The van der Waals surface area contributed by atoms with Crippen molar-refractivity contribution in [3.05, 3.63) is 22.8 Å². The van der Waals surface area contributed by atoms with Crippen molar-refractivity contribution in [1.29, 1.82) is 0 Å². The van der Waals surface area contributed by atoms with Crippen molar-refractivity contribution in [2.45, 2.75) is 0 Å². The van der Waals surface area contributed by atoms with Crippen LogP contribution in [0.5, 0.6) is 0 Å². The van der Waals surface area contributed by atoms with E-state index < -0.39 is 0 Å². The molecule has 0 bridgehead atoms. The summed E-state index contributed by atoms with van der Waals surface area (Å²) >= 11 is 3.25. The summed E-state index contributed by atoms with van der Waals surface area (Å²) in [5, 5.41) is 5.09. The average Bonchev–Trinajstić information content (AvgIpc) is 2.32. The summed E-state index contributed by atoms with van der Waals surface area (Å²) in [7, 11) is 1.59. The van der Waals surface area contributed by atoms with E-state index in [1.165, 1.54) is 0 Å². The van der Waals surface area contributed by atoms with E-state index in [0.717, 1.165) is 4.47 Å². The van der Waals surface area contributed by atoms with Crippen molar-refractivity contribution in [1.82, 2.24) is 10.3 Å². The predicted molar refractivity (Wildman–Crippen MR) is 66.8 cm³/mol. The molecule has 0 aromatic carbocycles. The zero-order valence-corrected chi connectivity index (χ0v) is 11.0. The van der Waals surface area contributed by atoms with Gasteiger partial charge in [-0.05, 0) is 28.1 Å². The number of anilines is 1. The van der Waals surface area contributed by atoms with Crippen LogP contribution in [0.1, 0.15) is 0 Å². The number of carbonyl (C=O) groups is 1. The quantitative estimate of drug-likeness (QED) is 0.618. The molecule has 0 fully saturated rings. The maximum Gasteiger partial charge on any atom is 0.322 e. The minimum Gasteiger partial charge on any atom is -0.382 e. The fraction of sp³-hybridized carbons (Fsp3) is 0.400. The molecule has 0 saturated heterocycles. The van der Waals surface area contributed by atoms with Crippen molar-refractivity contribution >= 4 is 27.8 Å². The van der Waals surface area contributed by atoms with Gasteiger partial charge >= 0.3 is 6.03 Å². The Kier molecular flexibility index (Phi) is 6.53. The van der Waals surface area contributed by atoms with E-state index in [-0.39, 0.29) is 12.8 Å². The highest BCUT2D eigenvalue weighted by molar-refractivity contribution is 9.10. The highest BCUT2D eigenvalue weighted by Crippen LogP contribution is 2.09. The third-order valence-electron chi connectivity index (χ3n) is 1.74. The summed E-state index contributed by atoms with van der Waals surface area (Å²) in [6.45, 7) is 1.07. The Morgan fingerprint density at radius 1 is 1.47 bits per heavy atom. The first-order valence-electron chi connectivity index (χ1n) is 4.95. The molecular formula is C10H14BrN3O3. The number of methoxy groups -OCH3 is 1. The van der Waals surface area contributed by atoms with Gasteiger partial charge in [0.1, 0.15) is 12.5 Å². The number of nitrogens with one attached hydrogen (secondary N) is 2. The Labute approximate surface area is 108 Å². The highest BCUT2D eigenvalue weighted by Gasteiger charge is 2.01. The second-order valence-electron chi connectivity index (χ2n) is 3.04. The zero-order valence-electron chi connectivity index (χ0n) is 9.40. The van der Waals surface area contributed by atoms with Crippen molar-refractivity contribution in [3.8, 4) is 0 Å². The van der Waals surface area contributed by atoms with Crippen LogP contribution in [0.4, 0.5) is 10.6 Å². The monoisotopic (exact) mass is 303 g/mol. The van der Waals surface area contributed by atoms with Gasteiger partial charge in [-0.1, -0.05) is 0 Å². The number of amides is 2. The maximum atomic E-state index is 11.3. The Morgan fingerprint density at radius 3 is 2.94 bits per heavy atom. The molecule has 0 aliphatic carbocycles. The van der Waals surface area contributed by atoms with Crippen LogP contribution in [-0.4, -0.2) is 38.1 Å². The lowest BCUT2D eigenvalue weighted by atomic mass is 10.5. The van der Waals surface area contributed by atoms with Crippen molar-refractivity contribution in [2.75, 3.05) is 32.4 Å². The number of ether oxygens (including phenoxy) is 2. The molecule has 94 valence electrons. The van der Waals surface area contributed by atoms with Gasteiger partial charge in [0.05, 0.1) is 13.2 Å². The van der Waals surface area contributed by atoms with Gasteiger partial charge in [0.25, 0.3) is 0 Å². The number of halogens is 1. The van der Waals surface area contributed by atoms with Crippen LogP contribution in [0.3, 0.4) is 0 Å². The van der Waals surface area contributed by atoms with Crippen molar-refractivity contribution < 1.29 is 14.3 Å². The van der Waals surface area contributed by atoms with Gasteiger partial charge in [-0.2, -0.15) is 0 Å². The minimum absolute atomic E-state index is 0.131. The van der Waals surface area contributed by atoms with E-state index in [9.17, 15) is 4.79 Å². The molecule has 2 amide bonds. The van der Waals surface area contributed by atoms with E-state index in [2.05, 4.69) is 31.5 Å². The number of rotatable bonds is 6. The standard InChI is InChI=1S/C10H14BrN3O3/c1-16-4-5-17-7-13-10(15)14-9-3-2-8(11)6-12-9/h2-3,6H,4-5,7H2,1H3,(H2,12,13,14,15). The summed E-state index contributed by atoms with van der Waals surface area (Å²) in [4.78, 5) is 15.3. The zero-order chi connectivity index (χ0) is 12.5. The molecule has 0 spiro atoms. The summed E-state index contributed by atoms with van der Waals surface area (Å²) in [6.07, 6.45) is 1.60. The molecule has 7 heteroatoms. The van der Waals surface area contributed by atoms with E-state index in [1.807, 2.05) is 0 Å². The third-order valence-corrected chi connectivity index (χ3v) is 2.20. The summed E-state index contributed by atoms with van der Waals surface area (Å²) in [5.41, 5.74) is 0. The molecule has 0 radical (unpaired) electrons. The maximum absolute atomic E-state index is 11.3. The molecule has 1 rings (SSSR count). The van der Waals surface area contributed by atoms with Gasteiger partial charge in [-0.25, -0.2) is 9.78 Å². The molecule has 17 heavy (non-hydrogen) atoms. The number of pyridine rings is 1. The van der Waals surface area contributed by atoms with Crippen LogP contribution in [-0.2, 0) is 9.47 Å². The molecule has 0 aliphatic heterocycles. The van der Waals surface area contributed by atoms with Gasteiger partial charge in [-0.15, -0.1) is 0 Å². The second kappa shape index (κ2) is 7.99. The normalized spacial score (nSPS) is 10.0. The van der Waals surface area contributed by atoms with Crippen LogP contribution >= 0.6 is 15.9 Å². The molecular weight excluding hydrogens is 290 g/mol. The number of hydrogen-bond acceptors (Lipinski definition) is 4. The third kappa shape index (κ3) is 6.20. The SMILES string of the molecule is COCCOCNC(=O)Nc1ccc(Br)cn1. The number of urea groups is 1. The molecule has 6 nitrogen and oxygen atoms in total. The van der Waals surface area contributed by atoms with Gasteiger partial charge < -0.3 is 14.8 Å². The summed E-state index contributed by atoms with van der Waals surface area (Å²) in [5.74, 6) is 0.475. The lowest BCUT2D eigenvalue weighted by molar-refractivity contribution is 0.0650. The predicted octanol–water partition coefficient (Wildman–Crippen LogP) is 1.59. The molecule has 2 N–H and O–H groups in total. The first-order valence-corrected chi connectivity index (χ1v) is 5.75. The van der Waals surface area contributed by atoms with Crippen molar-refractivity contribution in [3.63, 3.8) is 0 Å². The molecule has 1 aromatic rings. The summed E-state index contributed by atoms with van der Waals surface area (Å²) < 4.78 is 10.7. The molecule has 1 aromatic heterocycles. The minimum atomic E-state index is -0.364. The number of nitrogens with zero attached hydrogens (tertiary/aromatic N) is 1. The van der Waals surface area contributed by atoms with Crippen molar-refractivity contribution in [2.24, 2.45) is 0 Å². The van der Waals surface area contributed by atoms with Gasteiger partial charge in [0.15, 0.2) is 0 Å². The number of aromatic nitrogens is 1. The smallest absolute Gasteiger partial charge is 0.322 e.